The van der Waals surface area contributed by atoms with Gasteiger partial charge in [-0.25, -0.2) is 0 Å². The summed E-state index contributed by atoms with van der Waals surface area (Å²) in [6.45, 7) is 7.11. The molecular formula is C19H26N2O. The van der Waals surface area contributed by atoms with Crippen molar-refractivity contribution in [1.29, 1.82) is 0 Å². The molecule has 0 fully saturated rings. The van der Waals surface area contributed by atoms with E-state index in [0.717, 1.165) is 31.3 Å². The quantitative estimate of drug-likeness (QED) is 0.678. The van der Waals surface area contributed by atoms with Crippen LogP contribution < -0.4 is 5.32 Å². The third-order valence-corrected chi connectivity index (χ3v) is 3.90. The Balaban J connectivity index is 1.69. The zero-order valence-corrected chi connectivity index (χ0v) is 13.5. The molecule has 1 N–H and O–H groups in total. The Morgan fingerprint density at radius 3 is 2.95 bits per heavy atom. The number of allylic oxidation sites excluding steroid dienone is 4. The Kier molecular flexibility index (Phi) is 6.38. The van der Waals surface area contributed by atoms with Gasteiger partial charge in [0, 0.05) is 6.54 Å². The first-order chi connectivity index (χ1) is 10.6. The van der Waals surface area contributed by atoms with Gasteiger partial charge in [-0.05, 0) is 57.1 Å². The normalized spacial score (nSPS) is 16.9. The fourth-order valence-corrected chi connectivity index (χ4v) is 2.61. The number of hydrogen-bond acceptors (Lipinski definition) is 2. The van der Waals surface area contributed by atoms with Crippen LogP contribution in [0.2, 0.25) is 0 Å². The van der Waals surface area contributed by atoms with E-state index >= 15 is 0 Å². The second-order valence-corrected chi connectivity index (χ2v) is 6.08. The molecule has 0 bridgehead atoms. The lowest BCUT2D eigenvalue weighted by atomic mass is 10.00. The van der Waals surface area contributed by atoms with Crippen molar-refractivity contribution in [2.75, 3.05) is 13.1 Å². The average molecular weight is 298 g/mol. The van der Waals surface area contributed by atoms with Gasteiger partial charge in [0.2, 0.25) is 0 Å². The second kappa shape index (κ2) is 8.52. The maximum Gasteiger partial charge on any atom is 0.269 e. The van der Waals surface area contributed by atoms with E-state index in [1.165, 1.54) is 24.0 Å². The third kappa shape index (κ3) is 5.47. The average Bonchev–Trinajstić information content (AvgIpc) is 2.97. The lowest BCUT2D eigenvalue weighted by Crippen LogP contribution is -2.30. The molecule has 1 aliphatic heterocycles. The Labute approximate surface area is 133 Å². The molecule has 3 nitrogen and oxygen atoms in total. The van der Waals surface area contributed by atoms with Crippen molar-refractivity contribution in [2.45, 2.75) is 45.4 Å². The first-order valence-electron chi connectivity index (χ1n) is 8.17. The molecule has 22 heavy (non-hydrogen) atoms. The van der Waals surface area contributed by atoms with Crippen molar-refractivity contribution < 1.29 is 4.79 Å². The predicted octanol–water partition coefficient (Wildman–Crippen LogP) is 3.90. The van der Waals surface area contributed by atoms with E-state index in [2.05, 4.69) is 35.1 Å². The van der Waals surface area contributed by atoms with Gasteiger partial charge in [-0.1, -0.05) is 29.4 Å². The third-order valence-electron chi connectivity index (χ3n) is 3.90. The molecule has 0 spiro atoms. The first-order valence-corrected chi connectivity index (χ1v) is 8.17. The highest BCUT2D eigenvalue weighted by Crippen LogP contribution is 2.19. The Morgan fingerprint density at radius 2 is 2.23 bits per heavy atom. The summed E-state index contributed by atoms with van der Waals surface area (Å²) in [5, 5.41) is 2.89. The Morgan fingerprint density at radius 1 is 1.36 bits per heavy atom. The van der Waals surface area contributed by atoms with Crippen LogP contribution in [0.1, 0.15) is 45.4 Å². The molecule has 0 saturated carbocycles. The van der Waals surface area contributed by atoms with Crippen LogP contribution in [0.15, 0.2) is 52.6 Å². The van der Waals surface area contributed by atoms with Crippen molar-refractivity contribution in [3.8, 4) is 0 Å². The molecule has 3 heteroatoms. The number of aliphatic imine (C=N–C) groups is 1. The summed E-state index contributed by atoms with van der Waals surface area (Å²) >= 11 is 0. The summed E-state index contributed by atoms with van der Waals surface area (Å²) in [5.74, 6) is -0.0610. The van der Waals surface area contributed by atoms with Crippen molar-refractivity contribution in [2.24, 2.45) is 4.99 Å². The lowest BCUT2D eigenvalue weighted by molar-refractivity contribution is -0.114. The first kappa shape index (κ1) is 16.5. The minimum atomic E-state index is -0.0610. The minimum absolute atomic E-state index is 0.0610. The molecule has 118 valence electrons. The lowest BCUT2D eigenvalue weighted by Gasteiger charge is -2.06. The molecule has 0 unspecified atom stereocenters. The number of nitrogens with one attached hydrogen (secondary N) is 1. The monoisotopic (exact) mass is 298 g/mol. The number of rotatable bonds is 8. The second-order valence-electron chi connectivity index (χ2n) is 6.08. The molecule has 0 radical (unpaired) electrons. The SMILES string of the molecule is C=C(C)CCNC(=O)C1=NCC(CCCC2=CCCC=C2)=C1. The summed E-state index contributed by atoms with van der Waals surface area (Å²) in [7, 11) is 0. The Hall–Kier alpha value is -1.90. The van der Waals surface area contributed by atoms with E-state index in [0.29, 0.717) is 18.8 Å². The fraction of sp³-hybridized carbons (Fsp3) is 0.474. The van der Waals surface area contributed by atoms with Crippen LogP contribution in [0.25, 0.3) is 0 Å². The molecule has 2 aliphatic rings. The molecule has 1 amide bonds. The van der Waals surface area contributed by atoms with Gasteiger partial charge in [-0.15, -0.1) is 6.58 Å². The van der Waals surface area contributed by atoms with Crippen LogP contribution in [0.4, 0.5) is 0 Å². The van der Waals surface area contributed by atoms with Gasteiger partial charge in [0.25, 0.3) is 5.91 Å². The van der Waals surface area contributed by atoms with Crippen LogP contribution in [0.5, 0.6) is 0 Å². The fourth-order valence-electron chi connectivity index (χ4n) is 2.61. The van der Waals surface area contributed by atoms with Crippen LogP contribution in [-0.4, -0.2) is 24.7 Å². The molecule has 1 heterocycles. The summed E-state index contributed by atoms with van der Waals surface area (Å²) in [6, 6.07) is 0. The molecule has 2 rings (SSSR count). The largest absolute Gasteiger partial charge is 0.350 e. The van der Waals surface area contributed by atoms with Crippen molar-refractivity contribution >= 4 is 11.6 Å². The van der Waals surface area contributed by atoms with E-state index < -0.39 is 0 Å². The highest BCUT2D eigenvalue weighted by atomic mass is 16.1. The Bertz CT molecular complexity index is 550. The molecule has 0 saturated heterocycles. The smallest absolute Gasteiger partial charge is 0.269 e. The van der Waals surface area contributed by atoms with E-state index in [1.54, 1.807) is 0 Å². The minimum Gasteiger partial charge on any atom is -0.350 e. The van der Waals surface area contributed by atoms with Crippen LogP contribution in [-0.2, 0) is 4.79 Å². The maximum atomic E-state index is 12.0. The van der Waals surface area contributed by atoms with Gasteiger partial charge < -0.3 is 5.32 Å². The number of carbonyl (C=O) groups excluding carboxylic acids is 1. The topological polar surface area (TPSA) is 41.5 Å². The van der Waals surface area contributed by atoms with Crippen LogP contribution in [0, 0.1) is 0 Å². The van der Waals surface area contributed by atoms with Crippen LogP contribution in [0.3, 0.4) is 0 Å². The number of amides is 1. The standard InChI is InChI=1S/C19H26N2O/c1-15(2)11-12-20-19(22)18-13-17(14-21-18)10-6-9-16-7-4-3-5-8-16/h4,7-8,13H,1,3,5-6,9-12,14H2,2H3,(H,20,22). The van der Waals surface area contributed by atoms with Gasteiger partial charge in [0.05, 0.1) is 6.54 Å². The summed E-state index contributed by atoms with van der Waals surface area (Å²) < 4.78 is 0. The van der Waals surface area contributed by atoms with Gasteiger partial charge in [0.15, 0.2) is 0 Å². The summed E-state index contributed by atoms with van der Waals surface area (Å²) in [6.07, 6.45) is 15.2. The van der Waals surface area contributed by atoms with Crippen molar-refractivity contribution in [1.82, 2.24) is 5.32 Å². The molecule has 0 aromatic rings. The van der Waals surface area contributed by atoms with Gasteiger partial charge in [-0.3, -0.25) is 9.79 Å². The van der Waals surface area contributed by atoms with E-state index in [9.17, 15) is 4.79 Å². The van der Waals surface area contributed by atoms with E-state index in [-0.39, 0.29) is 5.91 Å². The van der Waals surface area contributed by atoms with Crippen molar-refractivity contribution in [3.63, 3.8) is 0 Å². The number of hydrogen-bond donors (Lipinski definition) is 1. The molecule has 0 aromatic heterocycles. The molecular weight excluding hydrogens is 272 g/mol. The van der Waals surface area contributed by atoms with Gasteiger partial charge in [-0.2, -0.15) is 0 Å². The van der Waals surface area contributed by atoms with Crippen LogP contribution >= 0.6 is 0 Å². The highest BCUT2D eigenvalue weighted by molar-refractivity contribution is 6.44. The van der Waals surface area contributed by atoms with E-state index in [1.807, 2.05) is 13.0 Å². The number of nitrogens with zero attached hydrogens (tertiary/aromatic N) is 1. The predicted molar refractivity (Wildman–Crippen MR) is 93.1 cm³/mol. The summed E-state index contributed by atoms with van der Waals surface area (Å²) in [5.41, 5.74) is 4.37. The molecule has 1 aliphatic carbocycles. The highest BCUT2D eigenvalue weighted by Gasteiger charge is 2.14. The van der Waals surface area contributed by atoms with Gasteiger partial charge >= 0.3 is 0 Å². The van der Waals surface area contributed by atoms with E-state index in [4.69, 9.17) is 0 Å². The van der Waals surface area contributed by atoms with Crippen molar-refractivity contribution in [3.05, 3.63) is 47.6 Å². The molecule has 0 aromatic carbocycles. The summed E-state index contributed by atoms with van der Waals surface area (Å²) in [4.78, 5) is 16.3. The zero-order chi connectivity index (χ0) is 15.8. The zero-order valence-electron chi connectivity index (χ0n) is 13.5. The molecule has 0 atom stereocenters. The number of carbonyl (C=O) groups is 1. The maximum absolute atomic E-state index is 12.0. The van der Waals surface area contributed by atoms with Gasteiger partial charge in [0.1, 0.15) is 5.71 Å².